The van der Waals surface area contributed by atoms with Gasteiger partial charge in [-0.05, 0) is 49.2 Å². The summed E-state index contributed by atoms with van der Waals surface area (Å²) in [6.07, 6.45) is 1.75. The first kappa shape index (κ1) is 22.4. The van der Waals surface area contributed by atoms with E-state index in [1.165, 1.54) is 28.8 Å². The van der Waals surface area contributed by atoms with Crippen LogP contribution in [0.1, 0.15) is 32.6 Å². The van der Waals surface area contributed by atoms with Crippen molar-refractivity contribution in [2.24, 2.45) is 0 Å². The Morgan fingerprint density at radius 2 is 1.97 bits per heavy atom. The van der Waals surface area contributed by atoms with E-state index < -0.39 is 10.0 Å². The van der Waals surface area contributed by atoms with Gasteiger partial charge in [-0.3, -0.25) is 19.2 Å². The van der Waals surface area contributed by atoms with Gasteiger partial charge in [-0.2, -0.15) is 0 Å². The second kappa shape index (κ2) is 8.64. The van der Waals surface area contributed by atoms with Gasteiger partial charge in [0, 0.05) is 28.8 Å². The third-order valence-electron chi connectivity index (χ3n) is 5.02. The Bertz CT molecular complexity index is 1310. The SMILES string of the molecule is CC(=O)NCc1ccc(-c2nc(NC(=O)c3ccc4c(c3)CCN4S(C)(=O)=O)sc2C)s1. The number of carbonyl (C=O) groups is 2. The first-order chi connectivity index (χ1) is 15.1. The van der Waals surface area contributed by atoms with Gasteiger partial charge in [-0.1, -0.05) is 0 Å². The number of fused-ring (bicyclic) bond motifs is 1. The maximum Gasteiger partial charge on any atom is 0.257 e. The van der Waals surface area contributed by atoms with Crippen LogP contribution >= 0.6 is 22.7 Å². The van der Waals surface area contributed by atoms with Crippen LogP contribution in [-0.4, -0.2) is 38.0 Å². The molecular formula is C21H22N4O4S3. The van der Waals surface area contributed by atoms with Gasteiger partial charge >= 0.3 is 0 Å². The molecule has 0 radical (unpaired) electrons. The third kappa shape index (κ3) is 4.69. The zero-order valence-electron chi connectivity index (χ0n) is 17.8. The molecule has 0 aliphatic carbocycles. The molecular weight excluding hydrogens is 468 g/mol. The number of benzene rings is 1. The lowest BCUT2D eigenvalue weighted by Crippen LogP contribution is -2.27. The van der Waals surface area contributed by atoms with Crippen molar-refractivity contribution < 1.29 is 18.0 Å². The Morgan fingerprint density at radius 3 is 2.69 bits per heavy atom. The molecule has 11 heteroatoms. The number of hydrogen-bond acceptors (Lipinski definition) is 7. The van der Waals surface area contributed by atoms with Crippen LogP contribution in [0.4, 0.5) is 10.8 Å². The number of rotatable bonds is 6. The van der Waals surface area contributed by atoms with Crippen molar-refractivity contribution in [3.8, 4) is 10.6 Å². The number of thiazole rings is 1. The monoisotopic (exact) mass is 490 g/mol. The highest BCUT2D eigenvalue weighted by Crippen LogP contribution is 2.35. The Morgan fingerprint density at radius 1 is 1.19 bits per heavy atom. The molecule has 0 unspecified atom stereocenters. The highest BCUT2D eigenvalue weighted by atomic mass is 32.2. The number of aryl methyl sites for hydroxylation is 1. The standard InChI is InChI=1S/C21H22N4O4S3/c1-12-19(18-7-5-16(31-18)11-22-13(2)26)23-21(30-12)24-20(27)15-4-6-17-14(10-15)8-9-25(17)32(3,28)29/h4-7,10H,8-9,11H2,1-3H3,(H,22,26)(H,23,24,27). The predicted molar refractivity (Wildman–Crippen MR) is 128 cm³/mol. The number of nitrogens with one attached hydrogen (secondary N) is 2. The molecule has 168 valence electrons. The quantitative estimate of drug-likeness (QED) is 0.551. The minimum absolute atomic E-state index is 0.0784. The summed E-state index contributed by atoms with van der Waals surface area (Å²) in [5, 5.41) is 6.13. The fourth-order valence-corrected chi connectivity index (χ4v) is 6.36. The maximum atomic E-state index is 12.8. The molecule has 4 rings (SSSR count). The van der Waals surface area contributed by atoms with E-state index in [1.807, 2.05) is 19.1 Å². The molecule has 0 spiro atoms. The topological polar surface area (TPSA) is 108 Å². The predicted octanol–water partition coefficient (Wildman–Crippen LogP) is 3.39. The highest BCUT2D eigenvalue weighted by Gasteiger charge is 2.27. The average Bonchev–Trinajstić information content (AvgIpc) is 3.43. The van der Waals surface area contributed by atoms with Crippen molar-refractivity contribution >= 4 is 55.3 Å². The number of amides is 2. The molecule has 3 heterocycles. The highest BCUT2D eigenvalue weighted by molar-refractivity contribution is 7.92. The number of carbonyl (C=O) groups excluding carboxylic acids is 2. The van der Waals surface area contributed by atoms with Gasteiger partial charge in [0.25, 0.3) is 5.91 Å². The van der Waals surface area contributed by atoms with Crippen molar-refractivity contribution in [3.05, 3.63) is 51.2 Å². The summed E-state index contributed by atoms with van der Waals surface area (Å²) < 4.78 is 25.2. The Kier molecular flexibility index (Phi) is 6.06. The van der Waals surface area contributed by atoms with E-state index in [0.29, 0.717) is 35.9 Å². The van der Waals surface area contributed by atoms with E-state index >= 15 is 0 Å². The number of nitrogens with zero attached hydrogens (tertiary/aromatic N) is 2. The summed E-state index contributed by atoms with van der Waals surface area (Å²) in [5.41, 5.74) is 2.73. The van der Waals surface area contributed by atoms with Crippen molar-refractivity contribution in [1.29, 1.82) is 0 Å². The zero-order valence-corrected chi connectivity index (χ0v) is 20.2. The van der Waals surface area contributed by atoms with Crippen molar-refractivity contribution in [2.75, 3.05) is 22.4 Å². The van der Waals surface area contributed by atoms with E-state index in [-0.39, 0.29) is 11.8 Å². The van der Waals surface area contributed by atoms with Crippen LogP contribution < -0.4 is 14.9 Å². The first-order valence-corrected chi connectivity index (χ1v) is 13.3. The second-order valence-electron chi connectivity index (χ2n) is 7.48. The molecule has 1 aliphatic rings. The molecule has 3 aromatic rings. The second-order valence-corrected chi connectivity index (χ2v) is 11.8. The van der Waals surface area contributed by atoms with E-state index in [2.05, 4.69) is 15.6 Å². The lowest BCUT2D eigenvalue weighted by atomic mass is 10.1. The van der Waals surface area contributed by atoms with E-state index in [0.717, 1.165) is 25.9 Å². The minimum atomic E-state index is -3.33. The summed E-state index contributed by atoms with van der Waals surface area (Å²) in [6, 6.07) is 8.97. The van der Waals surface area contributed by atoms with Crippen LogP contribution in [0.5, 0.6) is 0 Å². The third-order valence-corrected chi connectivity index (χ3v) is 8.18. The molecule has 0 atom stereocenters. The summed E-state index contributed by atoms with van der Waals surface area (Å²) in [5.74, 6) is -0.367. The van der Waals surface area contributed by atoms with Gasteiger partial charge in [0.1, 0.15) is 0 Å². The first-order valence-electron chi connectivity index (χ1n) is 9.85. The van der Waals surface area contributed by atoms with Crippen LogP contribution in [0.2, 0.25) is 0 Å². The van der Waals surface area contributed by atoms with Crippen molar-refractivity contribution in [3.63, 3.8) is 0 Å². The van der Waals surface area contributed by atoms with Crippen LogP contribution in [0.3, 0.4) is 0 Å². The lowest BCUT2D eigenvalue weighted by molar-refractivity contribution is -0.119. The molecule has 0 bridgehead atoms. The zero-order chi connectivity index (χ0) is 23.0. The molecule has 0 saturated heterocycles. The fraction of sp³-hybridized carbons (Fsp3) is 0.286. The molecule has 2 amide bonds. The van der Waals surface area contributed by atoms with Crippen LogP contribution in [0.25, 0.3) is 10.6 Å². The van der Waals surface area contributed by atoms with Gasteiger partial charge in [0.2, 0.25) is 15.9 Å². The van der Waals surface area contributed by atoms with Crippen LogP contribution in [0.15, 0.2) is 30.3 Å². The normalized spacial score (nSPS) is 13.2. The molecule has 32 heavy (non-hydrogen) atoms. The fourth-order valence-electron chi connectivity index (χ4n) is 3.52. The van der Waals surface area contributed by atoms with Gasteiger partial charge in [0.15, 0.2) is 5.13 Å². The summed E-state index contributed by atoms with van der Waals surface area (Å²) in [7, 11) is -3.33. The van der Waals surface area contributed by atoms with E-state index in [1.54, 1.807) is 29.5 Å². The number of hydrogen-bond donors (Lipinski definition) is 2. The molecule has 1 aliphatic heterocycles. The van der Waals surface area contributed by atoms with Crippen LogP contribution in [0, 0.1) is 6.92 Å². The molecule has 2 N–H and O–H groups in total. The molecule has 2 aromatic heterocycles. The number of sulfonamides is 1. The number of thiophene rings is 1. The van der Waals surface area contributed by atoms with Crippen molar-refractivity contribution in [1.82, 2.24) is 10.3 Å². The van der Waals surface area contributed by atoms with Crippen molar-refractivity contribution in [2.45, 2.75) is 26.8 Å². The summed E-state index contributed by atoms with van der Waals surface area (Å²) in [6.45, 7) is 4.29. The largest absolute Gasteiger partial charge is 0.351 e. The number of anilines is 2. The molecule has 0 saturated carbocycles. The molecule has 8 nitrogen and oxygen atoms in total. The van der Waals surface area contributed by atoms with Gasteiger partial charge in [0.05, 0.1) is 29.1 Å². The van der Waals surface area contributed by atoms with Gasteiger partial charge < -0.3 is 5.32 Å². The molecule has 1 aromatic carbocycles. The lowest BCUT2D eigenvalue weighted by Gasteiger charge is -2.16. The Labute approximate surface area is 194 Å². The van der Waals surface area contributed by atoms with Gasteiger partial charge in [-0.25, -0.2) is 13.4 Å². The molecule has 0 fully saturated rings. The maximum absolute atomic E-state index is 12.8. The van der Waals surface area contributed by atoms with Crippen LogP contribution in [-0.2, 0) is 27.8 Å². The van der Waals surface area contributed by atoms with E-state index in [9.17, 15) is 18.0 Å². The Balaban J connectivity index is 1.49. The summed E-state index contributed by atoms with van der Waals surface area (Å²) >= 11 is 2.94. The average molecular weight is 491 g/mol. The number of aromatic nitrogens is 1. The minimum Gasteiger partial charge on any atom is -0.351 e. The van der Waals surface area contributed by atoms with E-state index in [4.69, 9.17) is 0 Å². The Hall–Kier alpha value is -2.76. The van der Waals surface area contributed by atoms with Gasteiger partial charge in [-0.15, -0.1) is 22.7 Å². The summed E-state index contributed by atoms with van der Waals surface area (Å²) in [4.78, 5) is 31.5. The smallest absolute Gasteiger partial charge is 0.257 e.